The molecule has 2 amide bonds. The minimum absolute atomic E-state index is 0.157. The molecule has 0 aliphatic heterocycles. The van der Waals surface area contributed by atoms with Gasteiger partial charge < -0.3 is 10.2 Å². The first kappa shape index (κ1) is 18.5. The molecule has 0 fully saturated rings. The quantitative estimate of drug-likeness (QED) is 0.924. The molecule has 1 aromatic carbocycles. The van der Waals surface area contributed by atoms with Gasteiger partial charge in [-0.15, -0.1) is 5.10 Å². The van der Waals surface area contributed by atoms with E-state index in [1.807, 2.05) is 45.9 Å². The van der Waals surface area contributed by atoms with E-state index in [1.54, 1.807) is 23.4 Å². The van der Waals surface area contributed by atoms with Crippen molar-refractivity contribution in [1.29, 1.82) is 0 Å². The zero-order valence-electron chi connectivity index (χ0n) is 15.2. The Morgan fingerprint density at radius 1 is 1.28 bits per heavy atom. The van der Waals surface area contributed by atoms with Gasteiger partial charge in [0.25, 0.3) is 0 Å². The maximum atomic E-state index is 12.3. The van der Waals surface area contributed by atoms with Crippen LogP contribution in [0.25, 0.3) is 11.1 Å². The summed E-state index contributed by atoms with van der Waals surface area (Å²) in [5, 5.41) is 6.86. The van der Waals surface area contributed by atoms with Crippen molar-refractivity contribution in [2.24, 2.45) is 0 Å². The topological polar surface area (TPSA) is 76.5 Å². The van der Waals surface area contributed by atoms with Gasteiger partial charge in [0.1, 0.15) is 0 Å². The summed E-state index contributed by atoms with van der Waals surface area (Å²) < 4.78 is 0. The lowest BCUT2D eigenvalue weighted by atomic mass is 10.1. The van der Waals surface area contributed by atoms with Gasteiger partial charge in [0.2, 0.25) is 5.91 Å². The molecule has 0 saturated heterocycles. The van der Waals surface area contributed by atoms with E-state index in [2.05, 4.69) is 10.4 Å². The molecule has 0 radical (unpaired) electrons. The Balaban J connectivity index is 2.21. The molecule has 7 heteroatoms. The number of carbonyl (C=O) groups excluding carboxylic acids is 2. The van der Waals surface area contributed by atoms with Crippen LogP contribution in [0.2, 0.25) is 0 Å². The summed E-state index contributed by atoms with van der Waals surface area (Å²) in [4.78, 5) is 31.7. The van der Waals surface area contributed by atoms with E-state index in [9.17, 15) is 9.59 Å². The molecule has 2 rings (SSSR count). The van der Waals surface area contributed by atoms with Crippen LogP contribution < -0.4 is 10.2 Å². The zero-order chi connectivity index (χ0) is 18.6. The summed E-state index contributed by atoms with van der Waals surface area (Å²) in [5.74, 6) is -0.157. The lowest BCUT2D eigenvalue weighted by molar-refractivity contribution is -0.114. The van der Waals surface area contributed by atoms with Crippen molar-refractivity contribution in [2.75, 3.05) is 11.9 Å². The molecule has 0 bridgehead atoms. The van der Waals surface area contributed by atoms with Crippen LogP contribution in [0.15, 0.2) is 36.7 Å². The van der Waals surface area contributed by atoms with E-state index in [-0.39, 0.29) is 11.4 Å². The minimum atomic E-state index is -0.472. The predicted octanol–water partition coefficient (Wildman–Crippen LogP) is 3.18. The summed E-state index contributed by atoms with van der Waals surface area (Å²) in [6.07, 6.45) is 2.72. The highest BCUT2D eigenvalue weighted by molar-refractivity contribution is 5.93. The average Bonchev–Trinajstić information content (AvgIpc) is 2.94. The molecule has 7 nitrogen and oxygen atoms in total. The second-order valence-corrected chi connectivity index (χ2v) is 6.63. The third kappa shape index (κ3) is 4.59. The van der Waals surface area contributed by atoms with E-state index in [4.69, 9.17) is 4.84 Å². The van der Waals surface area contributed by atoms with E-state index >= 15 is 0 Å². The van der Waals surface area contributed by atoms with Gasteiger partial charge in [-0.3, -0.25) is 9.63 Å². The van der Waals surface area contributed by atoms with Crippen LogP contribution in [0, 0.1) is 0 Å². The minimum Gasteiger partial charge on any atom is -0.326 e. The van der Waals surface area contributed by atoms with Crippen LogP contribution in [-0.4, -0.2) is 38.9 Å². The Morgan fingerprint density at radius 2 is 1.96 bits per heavy atom. The van der Waals surface area contributed by atoms with Crippen molar-refractivity contribution in [2.45, 2.75) is 40.2 Å². The number of benzene rings is 1. The standard InChI is InChI=1S/C18H24N4O3/c1-6-21(18(3,4)5)17(24)25-22-12-14(11-19-22)15-9-7-8-10-16(15)20-13(2)23/h7-12H,6H2,1-5H3,(H,20,23). The van der Waals surface area contributed by atoms with E-state index in [0.717, 1.165) is 16.0 Å². The summed E-state index contributed by atoms with van der Waals surface area (Å²) in [6, 6.07) is 7.37. The van der Waals surface area contributed by atoms with Gasteiger partial charge in [0.05, 0.1) is 12.4 Å². The summed E-state index contributed by atoms with van der Waals surface area (Å²) >= 11 is 0. The van der Waals surface area contributed by atoms with Gasteiger partial charge in [-0.05, 0) is 33.8 Å². The molecule has 2 aromatic rings. The number of carbonyl (C=O) groups is 2. The normalized spacial score (nSPS) is 11.1. The number of hydrogen-bond donors (Lipinski definition) is 1. The van der Waals surface area contributed by atoms with Gasteiger partial charge in [-0.2, -0.15) is 0 Å². The fraction of sp³-hybridized carbons (Fsp3) is 0.389. The number of aromatic nitrogens is 2. The number of amides is 2. The Labute approximate surface area is 147 Å². The number of nitrogens with one attached hydrogen (secondary N) is 1. The largest absolute Gasteiger partial charge is 0.436 e. The molecule has 0 spiro atoms. The first-order valence-corrected chi connectivity index (χ1v) is 8.14. The number of nitrogens with zero attached hydrogens (tertiary/aromatic N) is 3. The fourth-order valence-corrected chi connectivity index (χ4v) is 2.53. The maximum Gasteiger partial charge on any atom is 0.436 e. The highest BCUT2D eigenvalue weighted by Crippen LogP contribution is 2.27. The molecule has 0 atom stereocenters. The molecule has 0 saturated carbocycles. The monoisotopic (exact) mass is 344 g/mol. The van der Waals surface area contributed by atoms with Gasteiger partial charge in [-0.1, -0.05) is 23.0 Å². The molecule has 0 aliphatic rings. The van der Waals surface area contributed by atoms with Crippen molar-refractivity contribution in [3.63, 3.8) is 0 Å². The van der Waals surface area contributed by atoms with Crippen molar-refractivity contribution in [3.8, 4) is 11.1 Å². The Kier molecular flexibility index (Phi) is 5.46. The fourth-order valence-electron chi connectivity index (χ4n) is 2.53. The van der Waals surface area contributed by atoms with Crippen LogP contribution in [0.4, 0.5) is 10.5 Å². The van der Waals surface area contributed by atoms with E-state index in [0.29, 0.717) is 12.2 Å². The van der Waals surface area contributed by atoms with Gasteiger partial charge in [0.15, 0.2) is 0 Å². The molecule has 134 valence electrons. The Hall–Kier alpha value is -2.83. The van der Waals surface area contributed by atoms with Crippen LogP contribution >= 0.6 is 0 Å². The van der Waals surface area contributed by atoms with Crippen LogP contribution in [0.5, 0.6) is 0 Å². The lowest BCUT2D eigenvalue weighted by Crippen LogP contribution is -2.48. The van der Waals surface area contributed by atoms with Gasteiger partial charge in [0, 0.05) is 35.8 Å². The third-order valence-electron chi connectivity index (χ3n) is 3.63. The first-order valence-electron chi connectivity index (χ1n) is 8.14. The Bertz CT molecular complexity index is 762. The number of para-hydroxylation sites is 1. The van der Waals surface area contributed by atoms with Crippen molar-refractivity contribution < 1.29 is 14.4 Å². The second-order valence-electron chi connectivity index (χ2n) is 6.63. The van der Waals surface area contributed by atoms with E-state index in [1.165, 1.54) is 6.92 Å². The molecular formula is C18H24N4O3. The predicted molar refractivity (Wildman–Crippen MR) is 96.1 cm³/mol. The van der Waals surface area contributed by atoms with Crippen molar-refractivity contribution in [1.82, 2.24) is 14.8 Å². The van der Waals surface area contributed by atoms with E-state index < -0.39 is 6.09 Å². The summed E-state index contributed by atoms with van der Waals surface area (Å²) in [5.41, 5.74) is 1.85. The van der Waals surface area contributed by atoms with Crippen molar-refractivity contribution in [3.05, 3.63) is 36.7 Å². The maximum absolute atomic E-state index is 12.3. The van der Waals surface area contributed by atoms with Gasteiger partial charge >= 0.3 is 6.09 Å². The first-order chi connectivity index (χ1) is 11.7. The molecule has 0 unspecified atom stereocenters. The van der Waals surface area contributed by atoms with Crippen LogP contribution in [0.1, 0.15) is 34.6 Å². The third-order valence-corrected chi connectivity index (χ3v) is 3.63. The SMILES string of the molecule is CCN(C(=O)On1cc(-c2ccccc2NC(C)=O)cn1)C(C)(C)C. The Morgan fingerprint density at radius 3 is 2.56 bits per heavy atom. The second kappa shape index (κ2) is 7.38. The molecule has 25 heavy (non-hydrogen) atoms. The molecule has 1 N–H and O–H groups in total. The van der Waals surface area contributed by atoms with Crippen LogP contribution in [0.3, 0.4) is 0 Å². The molecular weight excluding hydrogens is 320 g/mol. The highest BCUT2D eigenvalue weighted by Gasteiger charge is 2.27. The summed E-state index contributed by atoms with van der Waals surface area (Å²) in [7, 11) is 0. The average molecular weight is 344 g/mol. The number of anilines is 1. The highest BCUT2D eigenvalue weighted by atomic mass is 16.7. The lowest BCUT2D eigenvalue weighted by Gasteiger charge is -2.33. The van der Waals surface area contributed by atoms with Crippen LogP contribution in [-0.2, 0) is 4.79 Å². The zero-order valence-corrected chi connectivity index (χ0v) is 15.2. The molecule has 0 aliphatic carbocycles. The summed E-state index contributed by atoms with van der Waals surface area (Å²) in [6.45, 7) is 9.70. The molecule has 1 heterocycles. The smallest absolute Gasteiger partial charge is 0.326 e. The van der Waals surface area contributed by atoms with Gasteiger partial charge in [-0.25, -0.2) is 4.79 Å². The van der Waals surface area contributed by atoms with Crippen molar-refractivity contribution >= 4 is 17.7 Å². The number of rotatable bonds is 4. The number of hydrogen-bond acceptors (Lipinski definition) is 4. The molecule has 1 aromatic heterocycles.